The van der Waals surface area contributed by atoms with Crippen LogP contribution in [0.15, 0.2) is 24.3 Å². The number of benzene rings is 1. The van der Waals surface area contributed by atoms with Crippen molar-refractivity contribution >= 4 is 22.7 Å². The summed E-state index contributed by atoms with van der Waals surface area (Å²) >= 11 is 0. The van der Waals surface area contributed by atoms with Gasteiger partial charge in [-0.2, -0.15) is 0 Å². The van der Waals surface area contributed by atoms with E-state index in [-0.39, 0.29) is 0 Å². The van der Waals surface area contributed by atoms with Gasteiger partial charge in [-0.3, -0.25) is 0 Å². The lowest BCUT2D eigenvalue weighted by Gasteiger charge is -2.23. The highest BCUT2D eigenvalue weighted by Gasteiger charge is 2.29. The third-order valence-corrected chi connectivity index (χ3v) is 3.65. The standard InChI is InChI=1S/C17H24N4/c1-12(2)9-20-11-21(10-13(3)4)17-16(20)18-14-7-5-6-8-15(14)19-17/h5-8,12-13H,9-11H2,1-4H3. The van der Waals surface area contributed by atoms with Crippen molar-refractivity contribution in [2.45, 2.75) is 27.7 Å². The molecule has 3 rings (SSSR count). The van der Waals surface area contributed by atoms with E-state index in [1.54, 1.807) is 0 Å². The zero-order valence-corrected chi connectivity index (χ0v) is 13.4. The van der Waals surface area contributed by atoms with Crippen LogP contribution in [0.1, 0.15) is 27.7 Å². The van der Waals surface area contributed by atoms with Gasteiger partial charge in [-0.25, -0.2) is 9.97 Å². The highest BCUT2D eigenvalue weighted by atomic mass is 15.4. The number of rotatable bonds is 4. The smallest absolute Gasteiger partial charge is 0.174 e. The Morgan fingerprint density at radius 3 is 1.67 bits per heavy atom. The lowest BCUT2D eigenvalue weighted by Crippen LogP contribution is -2.35. The van der Waals surface area contributed by atoms with Gasteiger partial charge in [0.25, 0.3) is 0 Å². The molecule has 0 fully saturated rings. The lowest BCUT2D eigenvalue weighted by molar-refractivity contribution is 0.581. The normalized spacial score (nSPS) is 14.6. The molecule has 0 saturated heterocycles. The minimum absolute atomic E-state index is 0.616. The van der Waals surface area contributed by atoms with Crippen molar-refractivity contribution in [3.63, 3.8) is 0 Å². The van der Waals surface area contributed by atoms with Crippen LogP contribution in [0.2, 0.25) is 0 Å². The average Bonchev–Trinajstić information content (AvgIpc) is 2.72. The second-order valence-corrected chi connectivity index (χ2v) is 6.73. The Hall–Kier alpha value is -1.84. The molecule has 4 heteroatoms. The van der Waals surface area contributed by atoms with Crippen molar-refractivity contribution in [1.29, 1.82) is 0 Å². The Morgan fingerprint density at radius 2 is 1.29 bits per heavy atom. The molecule has 1 aromatic heterocycles. The molecule has 2 heterocycles. The summed E-state index contributed by atoms with van der Waals surface area (Å²) < 4.78 is 0. The molecular formula is C17H24N4. The maximum absolute atomic E-state index is 4.87. The van der Waals surface area contributed by atoms with Crippen LogP contribution in [-0.2, 0) is 0 Å². The van der Waals surface area contributed by atoms with Crippen molar-refractivity contribution < 1.29 is 0 Å². The summed E-state index contributed by atoms with van der Waals surface area (Å²) in [5.41, 5.74) is 1.97. The quantitative estimate of drug-likeness (QED) is 0.860. The Labute approximate surface area is 126 Å². The van der Waals surface area contributed by atoms with Gasteiger partial charge in [0, 0.05) is 13.1 Å². The van der Waals surface area contributed by atoms with Gasteiger partial charge in [0.05, 0.1) is 17.7 Å². The Kier molecular flexibility index (Phi) is 3.70. The van der Waals surface area contributed by atoms with Crippen molar-refractivity contribution in [1.82, 2.24) is 9.97 Å². The summed E-state index contributed by atoms with van der Waals surface area (Å²) in [5, 5.41) is 0. The molecule has 0 bridgehead atoms. The fourth-order valence-electron chi connectivity index (χ4n) is 2.92. The van der Waals surface area contributed by atoms with E-state index in [1.165, 1.54) is 0 Å². The van der Waals surface area contributed by atoms with E-state index in [0.29, 0.717) is 11.8 Å². The van der Waals surface area contributed by atoms with Gasteiger partial charge in [0.2, 0.25) is 0 Å². The number of aromatic nitrogens is 2. The molecule has 0 unspecified atom stereocenters. The molecule has 0 atom stereocenters. The summed E-state index contributed by atoms with van der Waals surface area (Å²) in [6.45, 7) is 11.9. The first-order valence-corrected chi connectivity index (χ1v) is 7.81. The van der Waals surface area contributed by atoms with Crippen LogP contribution in [0, 0.1) is 11.8 Å². The summed E-state index contributed by atoms with van der Waals surface area (Å²) in [6.07, 6.45) is 0. The van der Waals surface area contributed by atoms with E-state index in [4.69, 9.17) is 9.97 Å². The van der Waals surface area contributed by atoms with E-state index in [1.807, 2.05) is 24.3 Å². The van der Waals surface area contributed by atoms with Crippen molar-refractivity contribution in [2.24, 2.45) is 11.8 Å². The number of hydrogen-bond donors (Lipinski definition) is 0. The van der Waals surface area contributed by atoms with E-state index in [2.05, 4.69) is 37.5 Å². The maximum atomic E-state index is 4.87. The molecule has 0 spiro atoms. The Balaban J connectivity index is 2.04. The fraction of sp³-hybridized carbons (Fsp3) is 0.529. The minimum Gasteiger partial charge on any atom is -0.335 e. The molecule has 1 aliphatic heterocycles. The van der Waals surface area contributed by atoms with E-state index < -0.39 is 0 Å². The predicted octanol–water partition coefficient (Wildman–Crippen LogP) is 3.53. The highest BCUT2D eigenvalue weighted by molar-refractivity contribution is 5.82. The molecule has 0 saturated carbocycles. The summed E-state index contributed by atoms with van der Waals surface area (Å²) in [6, 6.07) is 8.14. The van der Waals surface area contributed by atoms with Gasteiger partial charge in [0.15, 0.2) is 11.6 Å². The summed E-state index contributed by atoms with van der Waals surface area (Å²) in [7, 11) is 0. The largest absolute Gasteiger partial charge is 0.335 e. The number of hydrogen-bond acceptors (Lipinski definition) is 4. The second-order valence-electron chi connectivity index (χ2n) is 6.73. The molecule has 1 aliphatic rings. The van der Waals surface area contributed by atoms with Crippen LogP contribution in [0.5, 0.6) is 0 Å². The van der Waals surface area contributed by atoms with Gasteiger partial charge < -0.3 is 9.80 Å². The molecule has 2 aromatic rings. The maximum Gasteiger partial charge on any atom is 0.174 e. The van der Waals surface area contributed by atoms with Crippen LogP contribution >= 0.6 is 0 Å². The topological polar surface area (TPSA) is 32.3 Å². The van der Waals surface area contributed by atoms with Crippen LogP contribution in [-0.4, -0.2) is 29.7 Å². The third-order valence-electron chi connectivity index (χ3n) is 3.65. The van der Waals surface area contributed by atoms with Crippen LogP contribution in [0.25, 0.3) is 11.0 Å². The Bertz CT molecular complexity index is 581. The fourth-order valence-corrected chi connectivity index (χ4v) is 2.92. The number of fused-ring (bicyclic) bond motifs is 2. The first-order chi connectivity index (χ1) is 10.0. The molecule has 4 nitrogen and oxygen atoms in total. The van der Waals surface area contributed by atoms with Gasteiger partial charge >= 0.3 is 0 Å². The van der Waals surface area contributed by atoms with Crippen molar-refractivity contribution in [3.8, 4) is 0 Å². The highest BCUT2D eigenvalue weighted by Crippen LogP contribution is 2.34. The van der Waals surface area contributed by atoms with Crippen molar-refractivity contribution in [2.75, 3.05) is 29.6 Å². The zero-order chi connectivity index (χ0) is 15.0. The summed E-state index contributed by atoms with van der Waals surface area (Å²) in [5.74, 6) is 3.32. The minimum atomic E-state index is 0.616. The summed E-state index contributed by atoms with van der Waals surface area (Å²) in [4.78, 5) is 14.5. The molecule has 1 aromatic carbocycles. The molecule has 0 aliphatic carbocycles. The number of nitrogens with zero attached hydrogens (tertiary/aromatic N) is 4. The van der Waals surface area contributed by atoms with Crippen molar-refractivity contribution in [3.05, 3.63) is 24.3 Å². The van der Waals surface area contributed by atoms with Crippen LogP contribution < -0.4 is 9.80 Å². The molecule has 0 radical (unpaired) electrons. The van der Waals surface area contributed by atoms with E-state index in [9.17, 15) is 0 Å². The van der Waals surface area contributed by atoms with Gasteiger partial charge in [-0.05, 0) is 24.0 Å². The molecular weight excluding hydrogens is 260 g/mol. The zero-order valence-electron chi connectivity index (χ0n) is 13.4. The molecule has 21 heavy (non-hydrogen) atoms. The number of anilines is 2. The first kappa shape index (κ1) is 14.1. The van der Waals surface area contributed by atoms with Gasteiger partial charge in [-0.1, -0.05) is 39.8 Å². The third kappa shape index (κ3) is 2.80. The molecule has 112 valence electrons. The van der Waals surface area contributed by atoms with E-state index >= 15 is 0 Å². The van der Waals surface area contributed by atoms with Crippen LogP contribution in [0.4, 0.5) is 11.6 Å². The second kappa shape index (κ2) is 5.51. The monoisotopic (exact) mass is 284 g/mol. The van der Waals surface area contributed by atoms with Crippen LogP contribution in [0.3, 0.4) is 0 Å². The average molecular weight is 284 g/mol. The first-order valence-electron chi connectivity index (χ1n) is 7.81. The SMILES string of the molecule is CC(C)CN1CN(CC(C)C)c2nc3ccccc3nc21. The Morgan fingerprint density at radius 1 is 0.857 bits per heavy atom. The lowest BCUT2D eigenvalue weighted by atomic mass is 10.2. The van der Waals surface area contributed by atoms with Gasteiger partial charge in [-0.15, -0.1) is 0 Å². The number of para-hydroxylation sites is 2. The molecule has 0 amide bonds. The predicted molar refractivity (Wildman–Crippen MR) is 88.8 cm³/mol. The molecule has 0 N–H and O–H groups in total. The van der Waals surface area contributed by atoms with E-state index in [0.717, 1.165) is 42.4 Å². The van der Waals surface area contributed by atoms with Gasteiger partial charge in [0.1, 0.15) is 0 Å².